The molecule has 2 aromatic carbocycles. The van der Waals surface area contributed by atoms with E-state index in [0.29, 0.717) is 27.7 Å². The van der Waals surface area contributed by atoms with Crippen molar-refractivity contribution >= 4 is 51.7 Å². The largest absolute Gasteiger partial charge is 0.370 e. The van der Waals surface area contributed by atoms with Gasteiger partial charge in [-0.25, -0.2) is 4.98 Å². The first-order chi connectivity index (χ1) is 22.1. The van der Waals surface area contributed by atoms with Crippen LogP contribution in [0.3, 0.4) is 0 Å². The van der Waals surface area contributed by atoms with Gasteiger partial charge in [0.15, 0.2) is 0 Å². The molecule has 10 heteroatoms. The summed E-state index contributed by atoms with van der Waals surface area (Å²) in [6.45, 7) is 6.44. The van der Waals surface area contributed by atoms with E-state index < -0.39 is 0 Å². The fourth-order valence-electron chi connectivity index (χ4n) is 7.17. The third-order valence-corrected chi connectivity index (χ3v) is 11.0. The molecule has 0 radical (unpaired) electrons. The lowest BCUT2D eigenvalue weighted by atomic mass is 9.87. The number of carbonyl (C=O) groups is 2. The zero-order chi connectivity index (χ0) is 32.1. The van der Waals surface area contributed by atoms with Crippen LogP contribution in [-0.2, 0) is 20.0 Å². The molecule has 2 aromatic heterocycles. The summed E-state index contributed by atoms with van der Waals surface area (Å²) >= 11 is 13.6. The number of hydrogen-bond acceptors (Lipinski definition) is 5. The van der Waals surface area contributed by atoms with E-state index in [4.69, 9.17) is 28.2 Å². The highest BCUT2D eigenvalue weighted by atomic mass is 35.5. The Kier molecular flexibility index (Phi) is 8.45. The number of imidazole rings is 1. The van der Waals surface area contributed by atoms with Crippen LogP contribution in [0, 0.1) is 24.7 Å². The lowest BCUT2D eigenvalue weighted by molar-refractivity contribution is 0.0921. The Labute approximate surface area is 279 Å². The lowest BCUT2D eigenvalue weighted by Crippen LogP contribution is -2.38. The molecular formula is C36H40Cl2N6O2. The Hall–Kier alpha value is -3.62. The van der Waals surface area contributed by atoms with Crippen LogP contribution < -0.4 is 15.5 Å². The van der Waals surface area contributed by atoms with Gasteiger partial charge in [0.1, 0.15) is 11.5 Å². The van der Waals surface area contributed by atoms with Gasteiger partial charge in [0.05, 0.1) is 27.3 Å². The Morgan fingerprint density at radius 1 is 1.00 bits per heavy atom. The summed E-state index contributed by atoms with van der Waals surface area (Å²) in [6.07, 6.45) is 7.67. The molecule has 2 amide bonds. The number of anilines is 1. The van der Waals surface area contributed by atoms with Crippen LogP contribution >= 0.6 is 23.2 Å². The molecular weight excluding hydrogens is 619 g/mol. The van der Waals surface area contributed by atoms with Gasteiger partial charge in [-0.3, -0.25) is 14.6 Å². The van der Waals surface area contributed by atoms with E-state index in [1.807, 2.05) is 38.2 Å². The number of pyridine rings is 1. The third-order valence-electron chi connectivity index (χ3n) is 10.2. The molecule has 2 aliphatic carbocycles. The number of carbonyl (C=O) groups excluding carboxylic acids is 2. The molecule has 240 valence electrons. The summed E-state index contributed by atoms with van der Waals surface area (Å²) in [6, 6.07) is 11.6. The first kappa shape index (κ1) is 31.0. The summed E-state index contributed by atoms with van der Waals surface area (Å²) < 4.78 is 2.07. The smallest absolute Gasteiger partial charge is 0.270 e. The van der Waals surface area contributed by atoms with Gasteiger partial charge in [-0.05, 0) is 104 Å². The average molecular weight is 660 g/mol. The second-order valence-electron chi connectivity index (χ2n) is 13.6. The number of fused-ring (bicyclic) bond motifs is 2. The van der Waals surface area contributed by atoms with Crippen molar-refractivity contribution in [2.24, 2.45) is 24.8 Å². The van der Waals surface area contributed by atoms with Gasteiger partial charge < -0.3 is 20.1 Å². The Balaban J connectivity index is 1.16. The van der Waals surface area contributed by atoms with Gasteiger partial charge >= 0.3 is 0 Å². The summed E-state index contributed by atoms with van der Waals surface area (Å²) in [4.78, 5) is 38.1. The molecule has 46 heavy (non-hydrogen) atoms. The maximum absolute atomic E-state index is 13.8. The minimum Gasteiger partial charge on any atom is -0.370 e. The zero-order valence-electron chi connectivity index (χ0n) is 26.6. The van der Waals surface area contributed by atoms with Crippen molar-refractivity contribution in [2.45, 2.75) is 65.0 Å². The van der Waals surface area contributed by atoms with Crippen LogP contribution in [0.25, 0.3) is 11.0 Å². The van der Waals surface area contributed by atoms with Crippen LogP contribution in [0.1, 0.15) is 82.4 Å². The van der Waals surface area contributed by atoms with E-state index in [2.05, 4.69) is 38.1 Å². The molecule has 2 unspecified atom stereocenters. The van der Waals surface area contributed by atoms with Crippen LogP contribution in [-0.4, -0.2) is 45.5 Å². The van der Waals surface area contributed by atoms with Crippen molar-refractivity contribution in [1.82, 2.24) is 25.2 Å². The van der Waals surface area contributed by atoms with E-state index in [1.54, 1.807) is 12.3 Å². The summed E-state index contributed by atoms with van der Waals surface area (Å²) in [5.74, 6) is 2.71. The number of aryl methyl sites for hydroxylation is 2. The molecule has 8 nitrogen and oxygen atoms in total. The minimum absolute atomic E-state index is 0.00840. The number of halogens is 2. The van der Waals surface area contributed by atoms with E-state index in [1.165, 1.54) is 6.42 Å². The van der Waals surface area contributed by atoms with Crippen molar-refractivity contribution in [3.05, 3.63) is 86.4 Å². The number of nitrogens with one attached hydrogen (secondary N) is 2. The van der Waals surface area contributed by atoms with Crippen molar-refractivity contribution in [2.75, 3.05) is 18.0 Å². The van der Waals surface area contributed by atoms with E-state index in [-0.39, 0.29) is 24.4 Å². The molecule has 3 aliphatic rings. The number of benzene rings is 2. The maximum Gasteiger partial charge on any atom is 0.270 e. The SMILES string of the molecule is Cc1ccnc(C(=O)NCc2ccc(Cl)c(Cc3nc4cc(C(=O)NC5CCC(C)CC5)c(N5CC6CC6C5)cc4n3C)c2Cl)c1. The molecule has 3 fully saturated rings. The van der Waals surface area contributed by atoms with Gasteiger partial charge in [0, 0.05) is 50.4 Å². The van der Waals surface area contributed by atoms with Gasteiger partial charge in [-0.1, -0.05) is 36.2 Å². The lowest BCUT2D eigenvalue weighted by Gasteiger charge is -2.28. The van der Waals surface area contributed by atoms with Crippen LogP contribution in [0.15, 0.2) is 42.6 Å². The number of aromatic nitrogens is 3. The number of hydrogen-bond donors (Lipinski definition) is 2. The van der Waals surface area contributed by atoms with E-state index >= 15 is 0 Å². The van der Waals surface area contributed by atoms with Crippen LogP contribution in [0.5, 0.6) is 0 Å². The van der Waals surface area contributed by atoms with Crippen molar-refractivity contribution in [3.8, 4) is 0 Å². The predicted molar refractivity (Wildman–Crippen MR) is 183 cm³/mol. The van der Waals surface area contributed by atoms with Gasteiger partial charge in [-0.2, -0.15) is 0 Å². The molecule has 2 N–H and O–H groups in total. The van der Waals surface area contributed by atoms with Crippen molar-refractivity contribution in [3.63, 3.8) is 0 Å². The number of rotatable bonds is 8. The number of piperidine rings is 1. The Bertz CT molecular complexity index is 1820. The summed E-state index contributed by atoms with van der Waals surface area (Å²) in [5, 5.41) is 7.30. The molecule has 0 bridgehead atoms. The first-order valence-corrected chi connectivity index (χ1v) is 17.1. The molecule has 2 saturated carbocycles. The van der Waals surface area contributed by atoms with Gasteiger partial charge in [0.25, 0.3) is 11.8 Å². The fraction of sp³-hybridized carbons (Fsp3) is 0.444. The van der Waals surface area contributed by atoms with Crippen LogP contribution in [0.4, 0.5) is 5.69 Å². The molecule has 0 spiro atoms. The fourth-order valence-corrected chi connectivity index (χ4v) is 7.74. The third kappa shape index (κ3) is 6.21. The topological polar surface area (TPSA) is 92.2 Å². The minimum atomic E-state index is -0.268. The Morgan fingerprint density at radius 3 is 2.50 bits per heavy atom. The standard InChI is InChI=1S/C36H40Cl2N6O2/c1-20-4-7-25(8-5-20)41-35(45)27-14-29-32(16-31(27)44-18-23-13-24(23)19-44)43(3)33(42-29)15-26-28(37)9-6-22(34(26)38)17-40-36(46)30-12-21(2)10-11-39-30/h6,9-12,14,16,20,23-25H,4-5,7-8,13,15,17-19H2,1-3H3,(H,40,46)(H,41,45). The second-order valence-corrected chi connectivity index (χ2v) is 14.4. The molecule has 3 heterocycles. The highest BCUT2D eigenvalue weighted by Gasteiger charge is 2.46. The average Bonchev–Trinajstić information content (AvgIpc) is 3.53. The first-order valence-electron chi connectivity index (χ1n) is 16.4. The molecule has 7 rings (SSSR count). The normalized spacial score (nSPS) is 22.2. The monoisotopic (exact) mass is 658 g/mol. The van der Waals surface area contributed by atoms with E-state index in [9.17, 15) is 9.59 Å². The zero-order valence-corrected chi connectivity index (χ0v) is 28.1. The van der Waals surface area contributed by atoms with Crippen molar-refractivity contribution < 1.29 is 9.59 Å². The predicted octanol–water partition coefficient (Wildman–Crippen LogP) is 6.87. The Morgan fingerprint density at radius 2 is 1.76 bits per heavy atom. The number of amides is 2. The highest BCUT2D eigenvalue weighted by Crippen LogP contribution is 2.47. The highest BCUT2D eigenvalue weighted by molar-refractivity contribution is 6.36. The summed E-state index contributed by atoms with van der Waals surface area (Å²) in [7, 11) is 2.00. The quantitative estimate of drug-likeness (QED) is 0.216. The van der Waals surface area contributed by atoms with Gasteiger partial charge in [-0.15, -0.1) is 0 Å². The molecule has 1 saturated heterocycles. The van der Waals surface area contributed by atoms with Gasteiger partial charge in [0.2, 0.25) is 0 Å². The maximum atomic E-state index is 13.8. The van der Waals surface area contributed by atoms with Crippen LogP contribution in [0.2, 0.25) is 10.0 Å². The molecule has 2 atom stereocenters. The van der Waals surface area contributed by atoms with Crippen molar-refractivity contribution in [1.29, 1.82) is 0 Å². The van der Waals surface area contributed by atoms with E-state index in [0.717, 1.165) is 95.8 Å². The second kappa shape index (κ2) is 12.5. The number of nitrogens with zero attached hydrogens (tertiary/aromatic N) is 4. The summed E-state index contributed by atoms with van der Waals surface area (Å²) in [5.41, 5.74) is 6.26. The molecule has 1 aliphatic heterocycles. The molecule has 4 aromatic rings.